The third kappa shape index (κ3) is 10.7. The van der Waals surface area contributed by atoms with Gasteiger partial charge in [-0.05, 0) is 78.6 Å². The van der Waals surface area contributed by atoms with E-state index in [-0.39, 0.29) is 0 Å². The van der Waals surface area contributed by atoms with Gasteiger partial charge in [-0.15, -0.1) is 0 Å². The lowest BCUT2D eigenvalue weighted by Gasteiger charge is -2.35. The highest BCUT2D eigenvalue weighted by atomic mass is 31.2. The second-order valence-corrected chi connectivity index (χ2v) is 16.4. The average Bonchev–Trinajstić information content (AvgIpc) is 2.92. The van der Waals surface area contributed by atoms with Crippen LogP contribution in [0.15, 0.2) is 91.0 Å². The predicted octanol–water partition coefficient (Wildman–Crippen LogP) is 10.1. The summed E-state index contributed by atoms with van der Waals surface area (Å²) in [6.07, 6.45) is -1.67. The summed E-state index contributed by atoms with van der Waals surface area (Å²) in [6.45, 7) is 14.4. The maximum absolute atomic E-state index is 14.6. The molecule has 0 radical (unpaired) electrons. The molecule has 2 atom stereocenters. The van der Waals surface area contributed by atoms with Crippen LogP contribution in [-0.2, 0) is 36.3 Å². The van der Waals surface area contributed by atoms with Crippen molar-refractivity contribution in [2.75, 3.05) is 0 Å². The Morgan fingerprint density at radius 3 is 1.02 bits per heavy atom. The number of hydrogen-bond donors (Lipinski definition) is 0. The van der Waals surface area contributed by atoms with Crippen LogP contribution in [-0.4, -0.2) is 24.4 Å². The number of benzene rings is 3. The molecule has 0 aliphatic rings. The molecule has 0 amide bonds. The van der Waals surface area contributed by atoms with Gasteiger partial charge >= 0.3 is 15.2 Å². The van der Waals surface area contributed by atoms with Crippen LogP contribution in [0.3, 0.4) is 0 Å². The molecule has 0 aromatic heterocycles. The largest absolute Gasteiger partial charge is 0.364 e. The van der Waals surface area contributed by atoms with E-state index in [0.717, 1.165) is 0 Å². The van der Waals surface area contributed by atoms with Crippen LogP contribution in [0.25, 0.3) is 0 Å². The first-order valence-corrected chi connectivity index (χ1v) is 18.9. The van der Waals surface area contributed by atoms with Gasteiger partial charge in [0, 0.05) is 5.30 Å². The Hall–Kier alpha value is -1.69. The number of rotatable bonds is 17. The summed E-state index contributed by atoms with van der Waals surface area (Å²) in [7, 11) is -9.99. The normalized spacial score (nSPS) is 14.3. The Bertz CT molecular complexity index is 1210. The second kappa shape index (κ2) is 16.6. The van der Waals surface area contributed by atoms with E-state index in [0.29, 0.717) is 16.4 Å². The van der Waals surface area contributed by atoms with Crippen molar-refractivity contribution < 1.29 is 36.3 Å². The van der Waals surface area contributed by atoms with Crippen LogP contribution in [0.2, 0.25) is 0 Å². The third-order valence-electron chi connectivity index (χ3n) is 5.53. The standard InChI is InChI=1S/C32H45O8P3/c1-24(2)37-42(33,38-25(3)4)31(28-18-12-9-13-19-28)35-41(30-22-16-11-17-23-30)36-32(29-20-14-10-15-21-29)43(34,39-26(5)6)40-27(7)8/h9-27,31-32H,1-8H3/t31-,32-/m1/s1. The zero-order chi connectivity index (χ0) is 31.6. The molecule has 236 valence electrons. The molecule has 3 aromatic rings. The molecule has 0 aliphatic carbocycles. The molecular weight excluding hydrogens is 605 g/mol. The molecule has 0 heterocycles. The quantitative estimate of drug-likeness (QED) is 0.133. The van der Waals surface area contributed by atoms with E-state index >= 15 is 0 Å². The van der Waals surface area contributed by atoms with E-state index in [4.69, 9.17) is 27.1 Å². The second-order valence-electron chi connectivity index (χ2n) is 11.0. The van der Waals surface area contributed by atoms with E-state index < -0.39 is 59.7 Å². The Labute approximate surface area is 258 Å². The van der Waals surface area contributed by atoms with Crippen LogP contribution < -0.4 is 5.30 Å². The fourth-order valence-electron chi connectivity index (χ4n) is 4.16. The minimum absolute atomic E-state index is 0.417. The van der Waals surface area contributed by atoms with E-state index in [9.17, 15) is 9.13 Å². The van der Waals surface area contributed by atoms with Crippen LogP contribution in [0.5, 0.6) is 0 Å². The smallest absolute Gasteiger partial charge is 0.309 e. The topological polar surface area (TPSA) is 89.5 Å². The molecule has 0 N–H and O–H groups in total. The van der Waals surface area contributed by atoms with Gasteiger partial charge < -0.3 is 27.1 Å². The van der Waals surface area contributed by atoms with E-state index in [1.165, 1.54) is 0 Å². The minimum atomic E-state index is -3.96. The molecule has 0 saturated carbocycles. The van der Waals surface area contributed by atoms with Crippen molar-refractivity contribution in [3.8, 4) is 0 Å². The van der Waals surface area contributed by atoms with E-state index in [1.807, 2.05) is 91.0 Å². The summed E-state index contributed by atoms with van der Waals surface area (Å²) >= 11 is 0. The van der Waals surface area contributed by atoms with Crippen molar-refractivity contribution in [2.45, 2.75) is 91.5 Å². The average molecular weight is 651 g/mol. The molecule has 0 saturated heterocycles. The molecule has 0 aliphatic heterocycles. The number of hydrogen-bond acceptors (Lipinski definition) is 8. The molecule has 3 rings (SSSR count). The van der Waals surface area contributed by atoms with Crippen LogP contribution in [0.1, 0.15) is 78.2 Å². The van der Waals surface area contributed by atoms with Crippen LogP contribution in [0.4, 0.5) is 0 Å². The molecule has 11 heteroatoms. The first kappa shape index (κ1) is 35.8. The highest BCUT2D eigenvalue weighted by molar-refractivity contribution is 7.59. The molecule has 3 aromatic carbocycles. The Morgan fingerprint density at radius 1 is 0.465 bits per heavy atom. The van der Waals surface area contributed by atoms with Crippen molar-refractivity contribution in [1.29, 1.82) is 0 Å². The highest BCUT2D eigenvalue weighted by Gasteiger charge is 2.46. The summed E-state index contributed by atoms with van der Waals surface area (Å²) in [5.74, 6) is -2.31. The Balaban J connectivity index is 2.20. The van der Waals surface area contributed by atoms with Crippen molar-refractivity contribution in [3.63, 3.8) is 0 Å². The Kier molecular flexibility index (Phi) is 13.8. The van der Waals surface area contributed by atoms with Crippen molar-refractivity contribution in [1.82, 2.24) is 0 Å². The molecule has 43 heavy (non-hydrogen) atoms. The summed E-state index contributed by atoms with van der Waals surface area (Å²) < 4.78 is 66.8. The molecule has 0 fully saturated rings. The van der Waals surface area contributed by atoms with Gasteiger partial charge in [0.05, 0.1) is 24.4 Å². The molecule has 0 unspecified atom stereocenters. The van der Waals surface area contributed by atoms with Crippen LogP contribution in [0, 0.1) is 0 Å². The lowest BCUT2D eigenvalue weighted by Crippen LogP contribution is -2.19. The van der Waals surface area contributed by atoms with Gasteiger partial charge in [-0.2, -0.15) is 0 Å². The zero-order valence-corrected chi connectivity index (χ0v) is 28.9. The maximum atomic E-state index is 14.6. The van der Waals surface area contributed by atoms with Gasteiger partial charge in [0.25, 0.3) is 0 Å². The lowest BCUT2D eigenvalue weighted by molar-refractivity contribution is 0.0944. The zero-order valence-electron chi connectivity index (χ0n) is 26.2. The first-order chi connectivity index (χ1) is 20.3. The van der Waals surface area contributed by atoms with E-state index in [1.54, 1.807) is 55.4 Å². The molecule has 0 spiro atoms. The van der Waals surface area contributed by atoms with Crippen LogP contribution >= 0.6 is 23.6 Å². The highest BCUT2D eigenvalue weighted by Crippen LogP contribution is 2.70. The summed E-state index contributed by atoms with van der Waals surface area (Å²) in [4.78, 5) is 0. The fourth-order valence-corrected chi connectivity index (χ4v) is 10.9. The van der Waals surface area contributed by atoms with Crippen molar-refractivity contribution >= 4 is 28.9 Å². The van der Waals surface area contributed by atoms with Crippen molar-refractivity contribution in [3.05, 3.63) is 102 Å². The Morgan fingerprint density at radius 2 is 0.744 bits per heavy atom. The summed E-state index contributed by atoms with van der Waals surface area (Å²) in [5, 5.41) is 0.667. The predicted molar refractivity (Wildman–Crippen MR) is 174 cm³/mol. The first-order valence-electron chi connectivity index (χ1n) is 14.5. The molecule has 8 nitrogen and oxygen atoms in total. The summed E-state index contributed by atoms with van der Waals surface area (Å²) in [5.41, 5.74) is 1.19. The minimum Gasteiger partial charge on any atom is -0.309 e. The van der Waals surface area contributed by atoms with E-state index in [2.05, 4.69) is 0 Å². The van der Waals surface area contributed by atoms with Gasteiger partial charge in [-0.1, -0.05) is 78.9 Å². The molecular formula is C32H45O8P3. The molecule has 0 bridgehead atoms. The van der Waals surface area contributed by atoms with Gasteiger partial charge in [0.15, 0.2) is 11.7 Å². The fraction of sp³-hybridized carbons (Fsp3) is 0.438. The lowest BCUT2D eigenvalue weighted by atomic mass is 10.2. The van der Waals surface area contributed by atoms with Crippen molar-refractivity contribution in [2.24, 2.45) is 0 Å². The van der Waals surface area contributed by atoms with Gasteiger partial charge in [-0.25, -0.2) is 0 Å². The van der Waals surface area contributed by atoms with Gasteiger partial charge in [0.1, 0.15) is 0 Å². The van der Waals surface area contributed by atoms with Gasteiger partial charge in [0.2, 0.25) is 8.38 Å². The summed E-state index contributed by atoms with van der Waals surface area (Å²) in [6, 6.07) is 27.6. The monoisotopic (exact) mass is 650 g/mol. The SMILES string of the molecule is CC(C)OP(=O)(OC(C)C)[C@@H](OP(O[C@@H](c1ccccc1)P(=O)(OC(C)C)OC(C)C)c1ccccc1)c1ccccc1. The maximum Gasteiger partial charge on any atom is 0.364 e. The third-order valence-corrected chi connectivity index (χ3v) is 12.2. The van der Waals surface area contributed by atoms with Gasteiger partial charge in [-0.3, -0.25) is 9.13 Å².